The Morgan fingerprint density at radius 2 is 0.575 bits per heavy atom. The maximum Gasteiger partial charge on any atom is 0.305 e. The molecule has 2 atom stereocenters. The number of aliphatic hydroxyl groups is 2. The third kappa shape index (κ3) is 65.7. The van der Waals surface area contributed by atoms with Crippen LogP contribution in [0.4, 0.5) is 0 Å². The lowest BCUT2D eigenvalue weighted by atomic mass is 10.0. The van der Waals surface area contributed by atoms with Gasteiger partial charge in [0.15, 0.2) is 0 Å². The first kappa shape index (κ1) is 78.6. The first-order valence-corrected chi connectivity index (χ1v) is 37.0. The van der Waals surface area contributed by atoms with Crippen LogP contribution in [0.25, 0.3) is 0 Å². The molecule has 0 rings (SSSR count). The Kier molecular flexibility index (Phi) is 68.9. The number of carbonyl (C=O) groups excluding carboxylic acids is 2. The van der Waals surface area contributed by atoms with Crippen molar-refractivity contribution in [3.05, 3.63) is 12.2 Å². The summed E-state index contributed by atoms with van der Waals surface area (Å²) in [5.41, 5.74) is 0. The predicted octanol–water partition coefficient (Wildman–Crippen LogP) is 23.9. The van der Waals surface area contributed by atoms with E-state index in [1.165, 1.54) is 360 Å². The number of hydrogen-bond donors (Lipinski definition) is 3. The number of unbranched alkanes of at least 4 members (excludes halogenated alkanes) is 59. The molecule has 2 unspecified atom stereocenters. The van der Waals surface area contributed by atoms with Gasteiger partial charge in [-0.25, -0.2) is 0 Å². The fourth-order valence-corrected chi connectivity index (χ4v) is 11.9. The third-order valence-corrected chi connectivity index (χ3v) is 17.6. The van der Waals surface area contributed by atoms with Crippen molar-refractivity contribution in [3.8, 4) is 0 Å². The minimum Gasteiger partial charge on any atom is -0.466 e. The molecule has 0 aliphatic carbocycles. The zero-order valence-corrected chi connectivity index (χ0v) is 54.6. The number of amides is 1. The van der Waals surface area contributed by atoms with Crippen LogP contribution in [0.15, 0.2) is 12.2 Å². The average Bonchev–Trinajstić information content (AvgIpc) is 3.46. The van der Waals surface area contributed by atoms with Crippen molar-refractivity contribution in [1.29, 1.82) is 0 Å². The van der Waals surface area contributed by atoms with Crippen LogP contribution in [0.5, 0.6) is 0 Å². The Hall–Kier alpha value is -1.40. The minimum atomic E-state index is -0.839. The Morgan fingerprint density at radius 3 is 0.850 bits per heavy atom. The van der Waals surface area contributed by atoms with Crippen molar-refractivity contribution in [2.24, 2.45) is 0 Å². The van der Waals surface area contributed by atoms with E-state index in [0.29, 0.717) is 19.4 Å². The molecule has 0 fully saturated rings. The van der Waals surface area contributed by atoms with Crippen molar-refractivity contribution < 1.29 is 24.5 Å². The lowest BCUT2D eigenvalue weighted by Gasteiger charge is -2.20. The quantitative estimate of drug-likeness (QED) is 0.0320. The highest BCUT2D eigenvalue weighted by Crippen LogP contribution is 2.20. The highest BCUT2D eigenvalue weighted by molar-refractivity contribution is 5.76. The third-order valence-electron chi connectivity index (χ3n) is 17.6. The largest absolute Gasteiger partial charge is 0.466 e. The van der Waals surface area contributed by atoms with E-state index in [1.54, 1.807) is 6.08 Å². The van der Waals surface area contributed by atoms with Gasteiger partial charge in [0.1, 0.15) is 0 Å². The van der Waals surface area contributed by atoms with Gasteiger partial charge in [-0.1, -0.05) is 392 Å². The van der Waals surface area contributed by atoms with E-state index in [4.69, 9.17) is 4.74 Å². The number of ether oxygens (including phenoxy) is 1. The molecule has 6 heteroatoms. The molecule has 80 heavy (non-hydrogen) atoms. The van der Waals surface area contributed by atoms with Crippen LogP contribution >= 0.6 is 0 Å². The Bertz CT molecular complexity index is 1210. The van der Waals surface area contributed by atoms with Gasteiger partial charge in [-0.15, -0.1) is 0 Å². The van der Waals surface area contributed by atoms with E-state index >= 15 is 0 Å². The second-order valence-electron chi connectivity index (χ2n) is 25.6. The first-order valence-electron chi connectivity index (χ1n) is 37.0. The van der Waals surface area contributed by atoms with Crippen molar-refractivity contribution >= 4 is 11.9 Å². The standard InChI is InChI=1S/C74H145NO5/c1-3-5-7-9-11-13-15-42-46-50-54-58-62-66-72(77)71(70-76)75-73(78)67-63-59-55-51-47-44-40-38-36-34-32-30-28-26-24-22-20-18-17-19-21-23-25-27-29-31-33-35-37-39-41-45-49-53-57-61-65-69-80-74(79)68-64-60-56-52-48-43-16-14-12-10-8-6-4-2/h62,66,71-72,76-77H,3-61,63-65,67-70H2,1-2H3,(H,75,78)/b66-62+. The summed E-state index contributed by atoms with van der Waals surface area (Å²) >= 11 is 0. The molecule has 0 spiro atoms. The molecule has 3 N–H and O–H groups in total. The summed E-state index contributed by atoms with van der Waals surface area (Å²) in [6.07, 6.45) is 87.6. The lowest BCUT2D eigenvalue weighted by molar-refractivity contribution is -0.143. The zero-order chi connectivity index (χ0) is 57.8. The fraction of sp³-hybridized carbons (Fsp3) is 0.946. The number of hydrogen-bond acceptors (Lipinski definition) is 5. The number of esters is 1. The second kappa shape index (κ2) is 70.1. The molecule has 476 valence electrons. The Labute approximate surface area is 501 Å². The van der Waals surface area contributed by atoms with Crippen molar-refractivity contribution in [2.45, 2.75) is 437 Å². The molecule has 6 nitrogen and oxygen atoms in total. The first-order chi connectivity index (χ1) is 39.5. The van der Waals surface area contributed by atoms with Crippen LogP contribution < -0.4 is 5.32 Å². The molecule has 1 amide bonds. The number of rotatable bonds is 70. The van der Waals surface area contributed by atoms with Crippen LogP contribution in [0.1, 0.15) is 425 Å². The summed E-state index contributed by atoms with van der Waals surface area (Å²) in [7, 11) is 0. The summed E-state index contributed by atoms with van der Waals surface area (Å²) in [6.45, 7) is 4.94. The molecule has 0 radical (unpaired) electrons. The summed E-state index contributed by atoms with van der Waals surface area (Å²) in [4.78, 5) is 24.5. The van der Waals surface area contributed by atoms with Crippen LogP contribution in [0.3, 0.4) is 0 Å². The molecule has 0 aliphatic rings. The summed E-state index contributed by atoms with van der Waals surface area (Å²) in [6, 6.07) is -0.622. The molecule has 0 saturated heterocycles. The van der Waals surface area contributed by atoms with Gasteiger partial charge in [0.25, 0.3) is 0 Å². The monoisotopic (exact) mass is 1130 g/mol. The summed E-state index contributed by atoms with van der Waals surface area (Å²) in [5, 5.41) is 23.1. The Balaban J connectivity index is 3.29. The lowest BCUT2D eigenvalue weighted by Crippen LogP contribution is -2.45. The topological polar surface area (TPSA) is 95.9 Å². The van der Waals surface area contributed by atoms with Gasteiger partial charge in [0, 0.05) is 12.8 Å². The van der Waals surface area contributed by atoms with Crippen LogP contribution in [0, 0.1) is 0 Å². The highest BCUT2D eigenvalue weighted by Gasteiger charge is 2.18. The normalized spacial score (nSPS) is 12.5. The van der Waals surface area contributed by atoms with Crippen molar-refractivity contribution in [1.82, 2.24) is 5.32 Å². The maximum absolute atomic E-state index is 12.5. The molecular formula is C74H145NO5. The molecule has 0 heterocycles. The van der Waals surface area contributed by atoms with E-state index in [0.717, 1.165) is 38.5 Å². The van der Waals surface area contributed by atoms with Gasteiger partial charge in [-0.3, -0.25) is 9.59 Å². The maximum atomic E-state index is 12.5. The molecule has 0 bridgehead atoms. The molecule has 0 aromatic rings. The van der Waals surface area contributed by atoms with E-state index in [-0.39, 0.29) is 18.5 Å². The smallest absolute Gasteiger partial charge is 0.305 e. The fourth-order valence-electron chi connectivity index (χ4n) is 11.9. The van der Waals surface area contributed by atoms with Crippen LogP contribution in [-0.4, -0.2) is 47.4 Å². The van der Waals surface area contributed by atoms with Gasteiger partial charge in [-0.2, -0.15) is 0 Å². The number of aliphatic hydroxyl groups excluding tert-OH is 2. The number of carbonyl (C=O) groups is 2. The molecule has 0 saturated carbocycles. The minimum absolute atomic E-state index is 0.0255. The summed E-state index contributed by atoms with van der Waals surface area (Å²) in [5.74, 6) is -0.0345. The van der Waals surface area contributed by atoms with Crippen molar-refractivity contribution in [3.63, 3.8) is 0 Å². The second-order valence-corrected chi connectivity index (χ2v) is 25.6. The highest BCUT2D eigenvalue weighted by atomic mass is 16.5. The summed E-state index contributed by atoms with van der Waals surface area (Å²) < 4.78 is 5.50. The van der Waals surface area contributed by atoms with Crippen molar-refractivity contribution in [2.75, 3.05) is 13.2 Å². The van der Waals surface area contributed by atoms with Gasteiger partial charge >= 0.3 is 5.97 Å². The predicted molar refractivity (Wildman–Crippen MR) is 352 cm³/mol. The molecule has 0 aromatic carbocycles. The molecule has 0 aliphatic heterocycles. The van der Waals surface area contributed by atoms with E-state index in [2.05, 4.69) is 19.2 Å². The number of nitrogens with one attached hydrogen (secondary N) is 1. The number of allylic oxidation sites excluding steroid dienone is 1. The average molecular weight is 1130 g/mol. The molecule has 0 aromatic heterocycles. The zero-order valence-electron chi connectivity index (χ0n) is 54.6. The van der Waals surface area contributed by atoms with Gasteiger partial charge < -0.3 is 20.3 Å². The van der Waals surface area contributed by atoms with E-state index in [9.17, 15) is 19.8 Å². The Morgan fingerprint density at radius 1 is 0.338 bits per heavy atom. The van der Waals surface area contributed by atoms with Gasteiger partial charge in [0.2, 0.25) is 5.91 Å². The van der Waals surface area contributed by atoms with E-state index in [1.807, 2.05) is 6.08 Å². The van der Waals surface area contributed by atoms with E-state index < -0.39 is 12.1 Å². The SMILES string of the molecule is CCCCCCCCCCCCC/C=C/C(O)C(CO)NC(=O)CCCCCCCCCCCCCCCCCCCCCCCCCCCCCCCCCCCCCCCOC(=O)CCCCCCCCCCCCCCC. The van der Waals surface area contributed by atoms with Crippen LogP contribution in [-0.2, 0) is 14.3 Å². The van der Waals surface area contributed by atoms with Crippen LogP contribution in [0.2, 0.25) is 0 Å². The van der Waals surface area contributed by atoms with Gasteiger partial charge in [-0.05, 0) is 32.1 Å². The molecular weight excluding hydrogens is 983 g/mol. The van der Waals surface area contributed by atoms with Gasteiger partial charge in [0.05, 0.1) is 25.4 Å².